The zero-order valence-electron chi connectivity index (χ0n) is 78.7. The molecule has 136 heavy (non-hydrogen) atoms. The van der Waals surface area contributed by atoms with Crippen LogP contribution in [0.5, 0.6) is 63.2 Å². The van der Waals surface area contributed by atoms with Crippen LogP contribution >= 0.6 is 0 Å². The van der Waals surface area contributed by atoms with Crippen molar-refractivity contribution in [3.8, 4) is 85.5 Å². The molecule has 12 aromatic carbocycles. The molecule has 14 aromatic rings. The van der Waals surface area contributed by atoms with Crippen LogP contribution in [-0.2, 0) is 24.0 Å². The second-order valence-electron chi connectivity index (χ2n) is 31.4. The largest absolute Gasteiger partial charge is 1.00 e. The van der Waals surface area contributed by atoms with Crippen LogP contribution in [0, 0.1) is 34.6 Å². The molecule has 0 bridgehead atoms. The van der Waals surface area contributed by atoms with E-state index in [4.69, 9.17) is 61.7 Å². The smallest absolute Gasteiger partial charge is 1.00 e. The van der Waals surface area contributed by atoms with E-state index in [9.17, 15) is 63.9 Å². The molecule has 6 heterocycles. The zero-order valence-corrected chi connectivity index (χ0v) is 81.7. The fourth-order valence-corrected chi connectivity index (χ4v) is 15.0. The molecule has 4 aliphatic heterocycles. The van der Waals surface area contributed by atoms with Crippen LogP contribution < -0.4 is 118 Å². The summed E-state index contributed by atoms with van der Waals surface area (Å²) in [5, 5.41) is 66.6. The normalized spacial score (nSPS) is 15.7. The van der Waals surface area contributed by atoms with Gasteiger partial charge in [-0.2, -0.15) is 7.11 Å². The zero-order chi connectivity index (χ0) is 95.9. The summed E-state index contributed by atoms with van der Waals surface area (Å²) in [7, 11) is 1.75. The molecule has 18 rings (SSSR count). The number of aromatic hydroxyl groups is 2. The standard InChI is InChI=1S/3C18H18O4.C18H16O4.C18H14O4.C15H10O4.CH4O.CH3O.B.2Na.H/c5*1-11-3-8-15-17(9-11)21-10-16(18(15)20)13-4-6-14(7-5-13)22-12(2)19;16-10-3-1-9(2-4-10)13-8-19-14-7-11(17)5-6-12(14)15(13)18;2*1-2;;;;/h3*3-9,16,18,20H,10H2,1-2H3;3-9,16H,10H2,1-2H3;3-10H,1-2H3;1-8,16-17H;2H,1H3;1H3;;;;/q;;;;;;;-1;;2*+1;-1/t16-,18+;2*16-,18-;;;;;;;;;/m000........./s1. The molecule has 3 radical (unpaired) electrons. The molecule has 0 fully saturated rings. The number of fused-ring (bicyclic) bond motifs is 6. The molecule has 1 unspecified atom stereocenters. The molecule has 691 valence electrons. The van der Waals surface area contributed by atoms with E-state index in [1.54, 1.807) is 103 Å². The maximum atomic E-state index is 12.6. The van der Waals surface area contributed by atoms with E-state index in [1.807, 2.05) is 156 Å². The van der Waals surface area contributed by atoms with Gasteiger partial charge in [0.25, 0.3) is 0 Å². The van der Waals surface area contributed by atoms with Gasteiger partial charge in [-0.25, -0.2) is 0 Å². The van der Waals surface area contributed by atoms with Crippen molar-refractivity contribution in [3.05, 3.63) is 360 Å². The average molecular weight is 1860 g/mol. The molecule has 0 amide bonds. The van der Waals surface area contributed by atoms with Gasteiger partial charge < -0.3 is 88.6 Å². The maximum absolute atomic E-state index is 12.6. The minimum atomic E-state index is -0.607. The van der Waals surface area contributed by atoms with Crippen LogP contribution in [0.2, 0.25) is 0 Å². The predicted octanol–water partition coefficient (Wildman–Crippen LogP) is 11.6. The Morgan fingerprint density at radius 2 is 0.603 bits per heavy atom. The summed E-state index contributed by atoms with van der Waals surface area (Å²) in [6.45, 7) is 18.3. The summed E-state index contributed by atoms with van der Waals surface area (Å²) in [4.78, 5) is 92.1. The van der Waals surface area contributed by atoms with Crippen molar-refractivity contribution in [2.24, 2.45) is 0 Å². The fourth-order valence-electron chi connectivity index (χ4n) is 15.0. The summed E-state index contributed by atoms with van der Waals surface area (Å²) in [6, 6.07) is 74.5. The Morgan fingerprint density at radius 1 is 0.331 bits per heavy atom. The van der Waals surface area contributed by atoms with Crippen molar-refractivity contribution < 1.29 is 177 Å². The average Bonchev–Trinajstić information content (AvgIpc) is 0.815. The number of phenols is 2. The Hall–Kier alpha value is -13.3. The SMILES string of the molecule is CC(=O)Oc1ccc(-c2coc3cc(C)ccc3c2=O)cc1.CC(=O)Oc1ccc(C2COc3cc(C)ccc3C2=O)cc1.CC(=O)Oc1ccc([C@@H]2COc3cc(C)ccc3[C@@H]2O)cc1.CC(=O)Oc1ccc([C@@H]2COc3cc(C)ccc3[C@@H]2O)cc1.CC(=O)Oc1ccc([C@@H]2COc3cc(C)ccc3[C@H]2O)cc1.CO.C[O-].O=c1c(-c2ccc(O)cc2)coc2cc(O)ccc12.[B].[H-].[Na+].[Na+]. The first-order chi connectivity index (χ1) is 63.9. The number of carbonyl (C=O) groups excluding carboxylic acids is 6. The van der Waals surface area contributed by atoms with Crippen LogP contribution in [0.1, 0.15) is 155 Å². The number of esters is 5. The van der Waals surface area contributed by atoms with E-state index in [0.717, 1.165) is 98.2 Å². The number of hydrogen-bond donors (Lipinski definition) is 6. The number of aryl methyl sites for hydroxylation is 5. The van der Waals surface area contributed by atoms with E-state index in [0.29, 0.717) is 111 Å². The topological polar surface area (TPSA) is 390 Å². The minimum absolute atomic E-state index is 0. The molecule has 2 aromatic heterocycles. The van der Waals surface area contributed by atoms with E-state index in [1.165, 1.54) is 77.5 Å². The Morgan fingerprint density at radius 3 is 0.949 bits per heavy atom. The summed E-state index contributed by atoms with van der Waals surface area (Å²) in [5.41, 5.74) is 15.1. The molecule has 0 spiro atoms. The molecule has 6 N–H and O–H groups in total. The van der Waals surface area contributed by atoms with Gasteiger partial charge in [0, 0.05) is 90.7 Å². The molecule has 26 nitrogen and oxygen atoms in total. The molecule has 4 aliphatic rings. The molecular formula is C107H102BNa2O26. The minimum Gasteiger partial charge on any atom is -1.00 e. The Bertz CT molecular complexity index is 6300. The molecule has 0 saturated heterocycles. The van der Waals surface area contributed by atoms with Crippen molar-refractivity contribution in [2.75, 3.05) is 40.6 Å². The van der Waals surface area contributed by atoms with Gasteiger partial charge >= 0.3 is 89.0 Å². The quantitative estimate of drug-likeness (QED) is 0.0398. The molecule has 0 saturated carbocycles. The van der Waals surface area contributed by atoms with E-state index in [-0.39, 0.29) is 151 Å². The van der Waals surface area contributed by atoms with Gasteiger partial charge in [0.1, 0.15) is 93.5 Å². The maximum Gasteiger partial charge on any atom is 1.00 e. The number of ether oxygens (including phenoxy) is 9. The molecule has 0 aliphatic carbocycles. The van der Waals surface area contributed by atoms with Gasteiger partial charge in [0.15, 0.2) is 16.6 Å². The van der Waals surface area contributed by atoms with Crippen LogP contribution in [-0.4, -0.2) is 115 Å². The van der Waals surface area contributed by atoms with Gasteiger partial charge in [-0.15, -0.1) is 0 Å². The molecular weight excluding hydrogens is 1760 g/mol. The number of rotatable bonds is 11. The summed E-state index contributed by atoms with van der Waals surface area (Å²) in [5.74, 6) is 3.01. The predicted molar refractivity (Wildman–Crippen MR) is 504 cm³/mol. The third-order valence-electron chi connectivity index (χ3n) is 21.5. The first-order valence-corrected chi connectivity index (χ1v) is 42.2. The molecule has 7 atom stereocenters. The number of aliphatic hydroxyl groups excluding tert-OH is 4. The number of benzene rings is 12. The summed E-state index contributed by atoms with van der Waals surface area (Å²) < 4.78 is 59.1. The number of Topliss-reactive ketones (excluding diaryl/α,β-unsaturated/α-hetero) is 1. The van der Waals surface area contributed by atoms with Gasteiger partial charge in [0.2, 0.25) is 0 Å². The van der Waals surface area contributed by atoms with Crippen LogP contribution in [0.25, 0.3) is 44.2 Å². The van der Waals surface area contributed by atoms with Crippen LogP contribution in [0.15, 0.2) is 286 Å². The first-order valence-electron chi connectivity index (χ1n) is 42.2. The molecule has 29 heteroatoms. The second kappa shape index (κ2) is 50.9. The Labute approximate surface area is 833 Å². The van der Waals surface area contributed by atoms with E-state index < -0.39 is 18.3 Å². The number of carbonyl (C=O) groups is 6. The van der Waals surface area contributed by atoms with Crippen molar-refractivity contribution >= 4 is 66.0 Å². The van der Waals surface area contributed by atoms with Crippen molar-refractivity contribution in [1.29, 1.82) is 0 Å². The van der Waals surface area contributed by atoms with E-state index >= 15 is 0 Å². The Kier molecular flexibility index (Phi) is 40.4. The number of hydrogen-bond acceptors (Lipinski definition) is 26. The number of aliphatic hydroxyl groups is 4. The number of ketones is 1. The van der Waals surface area contributed by atoms with Crippen LogP contribution in [0.3, 0.4) is 0 Å². The Balaban J connectivity index is 0.000000221. The summed E-state index contributed by atoms with van der Waals surface area (Å²) >= 11 is 0. The second-order valence-corrected chi connectivity index (χ2v) is 31.4. The van der Waals surface area contributed by atoms with Gasteiger partial charge in [-0.05, 0) is 223 Å². The fraction of sp³-hybridized carbons (Fsp3) is 0.215. The van der Waals surface area contributed by atoms with E-state index in [2.05, 4.69) is 0 Å². The van der Waals surface area contributed by atoms with Crippen molar-refractivity contribution in [1.82, 2.24) is 0 Å². The monoisotopic (exact) mass is 1860 g/mol. The first kappa shape index (κ1) is 108. The summed E-state index contributed by atoms with van der Waals surface area (Å²) in [6.07, 6.45) is 0.998. The number of phenolic OH excluding ortho intramolecular Hbond substituents is 2. The third-order valence-corrected chi connectivity index (χ3v) is 21.5. The van der Waals surface area contributed by atoms with Gasteiger partial charge in [-0.3, -0.25) is 38.4 Å². The van der Waals surface area contributed by atoms with Gasteiger partial charge in [0.05, 0.1) is 71.5 Å². The third kappa shape index (κ3) is 28.4. The van der Waals surface area contributed by atoms with Gasteiger partial charge in [-0.1, -0.05) is 121 Å². The van der Waals surface area contributed by atoms with Crippen molar-refractivity contribution in [2.45, 2.75) is 111 Å². The van der Waals surface area contributed by atoms with Crippen molar-refractivity contribution in [3.63, 3.8) is 0 Å². The van der Waals surface area contributed by atoms with Crippen LogP contribution in [0.4, 0.5) is 0 Å².